The molecule has 0 spiro atoms. The molecule has 0 saturated heterocycles. The van der Waals surface area contributed by atoms with Gasteiger partial charge in [-0.15, -0.1) is 11.3 Å². The van der Waals surface area contributed by atoms with Gasteiger partial charge in [-0.25, -0.2) is 4.39 Å². The molecule has 34 heavy (non-hydrogen) atoms. The summed E-state index contributed by atoms with van der Waals surface area (Å²) in [6.07, 6.45) is 5.32. The van der Waals surface area contributed by atoms with Gasteiger partial charge in [0.05, 0.1) is 17.7 Å². The van der Waals surface area contributed by atoms with Crippen LogP contribution in [0.2, 0.25) is 0 Å². The zero-order chi connectivity index (χ0) is 23.9. The van der Waals surface area contributed by atoms with Crippen LogP contribution in [0.3, 0.4) is 0 Å². The first-order valence-corrected chi connectivity index (χ1v) is 12.1. The Hall–Kier alpha value is -3.46. The Morgan fingerprint density at radius 2 is 1.85 bits per heavy atom. The zero-order valence-corrected chi connectivity index (χ0v) is 19.4. The first kappa shape index (κ1) is 23.7. The number of amides is 3. The van der Waals surface area contributed by atoms with Gasteiger partial charge in [0.15, 0.2) is 6.04 Å². The van der Waals surface area contributed by atoms with E-state index in [1.807, 2.05) is 0 Å². The van der Waals surface area contributed by atoms with E-state index in [1.165, 1.54) is 34.6 Å². The van der Waals surface area contributed by atoms with Crippen LogP contribution in [0.15, 0.2) is 64.6 Å². The van der Waals surface area contributed by atoms with Crippen molar-refractivity contribution < 1.29 is 23.2 Å². The van der Waals surface area contributed by atoms with Gasteiger partial charge >= 0.3 is 0 Å². The Morgan fingerprint density at radius 1 is 1.09 bits per heavy atom. The molecule has 2 heterocycles. The molecule has 3 amide bonds. The Labute approximate surface area is 200 Å². The number of carbonyl (C=O) groups excluding carboxylic acids is 3. The predicted molar refractivity (Wildman–Crippen MR) is 125 cm³/mol. The van der Waals surface area contributed by atoms with Crippen LogP contribution in [0.1, 0.15) is 52.7 Å². The maximum absolute atomic E-state index is 13.5. The largest absolute Gasteiger partial charge is 0.467 e. The van der Waals surface area contributed by atoms with E-state index in [0.717, 1.165) is 25.7 Å². The Bertz CT molecular complexity index is 1090. The van der Waals surface area contributed by atoms with Crippen LogP contribution in [0.4, 0.5) is 4.39 Å². The average molecular weight is 484 g/mol. The zero-order valence-electron chi connectivity index (χ0n) is 18.5. The molecule has 178 valence electrons. The number of furan rings is 1. The second-order valence-corrected chi connectivity index (χ2v) is 9.16. The minimum absolute atomic E-state index is 0.0391. The lowest BCUT2D eigenvalue weighted by atomic mass is 10.1. The number of thiophene rings is 1. The molecule has 3 aromatic rings. The van der Waals surface area contributed by atoms with Crippen molar-refractivity contribution >= 4 is 29.1 Å². The van der Waals surface area contributed by atoms with E-state index in [4.69, 9.17) is 4.42 Å². The van der Waals surface area contributed by atoms with E-state index < -0.39 is 17.8 Å². The number of nitrogens with zero attached hydrogens (tertiary/aromatic N) is 1. The fourth-order valence-electron chi connectivity index (χ4n) is 4.08. The fourth-order valence-corrected chi connectivity index (χ4v) is 4.72. The van der Waals surface area contributed by atoms with E-state index in [0.29, 0.717) is 16.2 Å². The van der Waals surface area contributed by atoms with Crippen molar-refractivity contribution in [3.63, 3.8) is 0 Å². The highest BCUT2D eigenvalue weighted by atomic mass is 32.1. The van der Waals surface area contributed by atoms with Gasteiger partial charge in [0.1, 0.15) is 11.6 Å². The molecule has 1 fully saturated rings. The summed E-state index contributed by atoms with van der Waals surface area (Å²) in [5, 5.41) is 7.45. The molecule has 0 bridgehead atoms. The number of hydrogen-bond donors (Lipinski definition) is 2. The van der Waals surface area contributed by atoms with Crippen LogP contribution in [-0.2, 0) is 16.1 Å². The molecule has 0 radical (unpaired) electrons. The standard InChI is InChI=1S/C25H26FN3O4S/c26-18-11-9-17(10-12-18)16-29(22(30)15-27-24(31)21-8-4-14-34-21)23(20-7-3-13-33-20)25(32)28-19-5-1-2-6-19/h3-4,7-14,19,23H,1-2,5-6,15-16H2,(H,27,31)(H,28,32). The first-order chi connectivity index (χ1) is 16.5. The van der Waals surface area contributed by atoms with Crippen LogP contribution >= 0.6 is 11.3 Å². The molecule has 4 rings (SSSR count). The van der Waals surface area contributed by atoms with Crippen molar-refractivity contribution in [1.82, 2.24) is 15.5 Å². The van der Waals surface area contributed by atoms with Crippen LogP contribution in [0.25, 0.3) is 0 Å². The van der Waals surface area contributed by atoms with Gasteiger partial charge in [-0.05, 0) is 54.1 Å². The quantitative estimate of drug-likeness (QED) is 0.481. The van der Waals surface area contributed by atoms with E-state index in [-0.39, 0.29) is 30.9 Å². The second kappa shape index (κ2) is 11.1. The monoisotopic (exact) mass is 483 g/mol. The van der Waals surface area contributed by atoms with Gasteiger partial charge in [-0.1, -0.05) is 31.0 Å². The van der Waals surface area contributed by atoms with Gasteiger partial charge in [0.2, 0.25) is 5.91 Å². The normalized spacial score (nSPS) is 14.5. The van der Waals surface area contributed by atoms with Gasteiger partial charge < -0.3 is 20.0 Å². The van der Waals surface area contributed by atoms with Crippen molar-refractivity contribution in [2.24, 2.45) is 0 Å². The van der Waals surface area contributed by atoms with E-state index in [2.05, 4.69) is 10.6 Å². The summed E-state index contributed by atoms with van der Waals surface area (Å²) in [6, 6.07) is 11.5. The van der Waals surface area contributed by atoms with Gasteiger partial charge in [-0.2, -0.15) is 0 Å². The molecule has 2 aromatic heterocycles. The number of nitrogens with one attached hydrogen (secondary N) is 2. The maximum Gasteiger partial charge on any atom is 0.261 e. The number of rotatable bonds is 9. The lowest BCUT2D eigenvalue weighted by Crippen LogP contribution is -2.48. The first-order valence-electron chi connectivity index (χ1n) is 11.2. The molecule has 1 atom stereocenters. The molecule has 7 nitrogen and oxygen atoms in total. The SMILES string of the molecule is O=C(NCC(=O)N(Cc1ccc(F)cc1)C(C(=O)NC1CCCC1)c1ccco1)c1cccs1. The van der Waals surface area contributed by atoms with Crippen molar-refractivity contribution in [2.75, 3.05) is 6.54 Å². The van der Waals surface area contributed by atoms with Crippen molar-refractivity contribution in [1.29, 1.82) is 0 Å². The Morgan fingerprint density at radius 3 is 2.50 bits per heavy atom. The summed E-state index contributed by atoms with van der Waals surface area (Å²) in [5.74, 6) is -1.25. The molecule has 1 aromatic carbocycles. The summed E-state index contributed by atoms with van der Waals surface area (Å²) in [6.45, 7) is -0.261. The highest BCUT2D eigenvalue weighted by Crippen LogP contribution is 2.26. The lowest BCUT2D eigenvalue weighted by Gasteiger charge is -2.31. The minimum atomic E-state index is -1.04. The summed E-state index contributed by atoms with van der Waals surface area (Å²) in [7, 11) is 0. The van der Waals surface area contributed by atoms with Gasteiger partial charge in [0.25, 0.3) is 11.8 Å². The highest BCUT2D eigenvalue weighted by molar-refractivity contribution is 7.12. The third-order valence-corrected chi connectivity index (χ3v) is 6.67. The molecule has 1 aliphatic rings. The van der Waals surface area contributed by atoms with Crippen LogP contribution in [-0.4, -0.2) is 35.2 Å². The summed E-state index contributed by atoms with van der Waals surface area (Å²) >= 11 is 1.27. The van der Waals surface area contributed by atoms with Crippen LogP contribution < -0.4 is 10.6 Å². The predicted octanol–water partition coefficient (Wildman–Crippen LogP) is 4.04. The maximum atomic E-state index is 13.5. The third-order valence-electron chi connectivity index (χ3n) is 5.81. The van der Waals surface area contributed by atoms with Crippen molar-refractivity contribution in [3.05, 3.63) is 82.2 Å². The number of halogens is 1. The van der Waals surface area contributed by atoms with Crippen molar-refractivity contribution in [3.8, 4) is 0 Å². The minimum Gasteiger partial charge on any atom is -0.467 e. The number of carbonyl (C=O) groups is 3. The summed E-state index contributed by atoms with van der Waals surface area (Å²) in [4.78, 5) is 41.0. The molecule has 1 aliphatic carbocycles. The summed E-state index contributed by atoms with van der Waals surface area (Å²) < 4.78 is 19.0. The summed E-state index contributed by atoms with van der Waals surface area (Å²) in [5.41, 5.74) is 0.643. The molecular weight excluding hydrogens is 457 g/mol. The van der Waals surface area contributed by atoms with Gasteiger partial charge in [-0.3, -0.25) is 14.4 Å². The topological polar surface area (TPSA) is 91.7 Å². The molecule has 1 saturated carbocycles. The smallest absolute Gasteiger partial charge is 0.261 e. The van der Waals surface area contributed by atoms with E-state index >= 15 is 0 Å². The highest BCUT2D eigenvalue weighted by Gasteiger charge is 2.35. The average Bonchev–Trinajstić information content (AvgIpc) is 3.62. The Kier molecular flexibility index (Phi) is 7.74. The molecule has 2 N–H and O–H groups in total. The molecule has 0 aliphatic heterocycles. The second-order valence-electron chi connectivity index (χ2n) is 8.22. The van der Waals surface area contributed by atoms with Gasteiger partial charge in [0, 0.05) is 12.6 Å². The van der Waals surface area contributed by atoms with Crippen molar-refractivity contribution in [2.45, 2.75) is 44.3 Å². The van der Waals surface area contributed by atoms with E-state index in [9.17, 15) is 18.8 Å². The lowest BCUT2D eigenvalue weighted by molar-refractivity contribution is -0.141. The third kappa shape index (κ3) is 5.91. The molecule has 1 unspecified atom stereocenters. The molecular formula is C25H26FN3O4S. The number of hydrogen-bond acceptors (Lipinski definition) is 5. The van der Waals surface area contributed by atoms with E-state index in [1.54, 1.807) is 41.8 Å². The Balaban J connectivity index is 1.58. The molecule has 9 heteroatoms. The number of benzene rings is 1. The fraction of sp³-hybridized carbons (Fsp3) is 0.320. The van der Waals surface area contributed by atoms with Crippen LogP contribution in [0.5, 0.6) is 0 Å². The van der Waals surface area contributed by atoms with Crippen LogP contribution in [0, 0.1) is 5.82 Å².